The van der Waals surface area contributed by atoms with Crippen LogP contribution in [-0.4, -0.2) is 21.3 Å². The Hall–Kier alpha value is -1.41. The summed E-state index contributed by atoms with van der Waals surface area (Å²) in [6.45, 7) is 3.22. The molecule has 0 spiro atoms. The number of hydrogen-bond acceptors (Lipinski definition) is 4. The molecule has 0 bridgehead atoms. The van der Waals surface area contributed by atoms with Crippen LogP contribution in [0, 0.1) is 17.2 Å². The largest absolute Gasteiger partial charge is 0.320 e. The average Bonchev–Trinajstić information content (AvgIpc) is 2.52. The van der Waals surface area contributed by atoms with Gasteiger partial charge in [-0.25, -0.2) is 0 Å². The fourth-order valence-electron chi connectivity index (χ4n) is 0.913. The number of aromatic nitrogens is 3. The molecule has 1 aromatic heterocycles. The lowest BCUT2D eigenvalue weighted by Crippen LogP contribution is -2.21. The van der Waals surface area contributed by atoms with Crippen LogP contribution in [0.4, 0.5) is 0 Å². The maximum atomic E-state index is 8.52. The smallest absolute Gasteiger partial charge is 0.146 e. The highest BCUT2D eigenvalue weighted by atomic mass is 15.3. The second-order valence-electron chi connectivity index (χ2n) is 3.02. The minimum Gasteiger partial charge on any atom is -0.320 e. The molecule has 0 aliphatic heterocycles. The van der Waals surface area contributed by atoms with Gasteiger partial charge in [-0.2, -0.15) is 5.26 Å². The van der Waals surface area contributed by atoms with E-state index in [1.165, 1.54) is 0 Å². The maximum absolute atomic E-state index is 8.52. The van der Waals surface area contributed by atoms with Gasteiger partial charge in [0.25, 0.3) is 0 Å². The zero-order valence-corrected chi connectivity index (χ0v) is 7.86. The molecular formula is C8H13N5. The van der Waals surface area contributed by atoms with E-state index in [0.717, 1.165) is 5.82 Å². The summed E-state index contributed by atoms with van der Waals surface area (Å²) in [7, 11) is 1.89. The van der Waals surface area contributed by atoms with Gasteiger partial charge in [0.1, 0.15) is 12.2 Å². The van der Waals surface area contributed by atoms with Crippen LogP contribution in [0.25, 0.3) is 0 Å². The monoisotopic (exact) mass is 179 g/mol. The summed E-state index contributed by atoms with van der Waals surface area (Å²) in [6, 6.07) is 2.15. The third-order valence-corrected chi connectivity index (χ3v) is 1.76. The summed E-state index contributed by atoms with van der Waals surface area (Å²) in [5.41, 5.74) is 0. The summed E-state index contributed by atoms with van der Waals surface area (Å²) in [5.74, 6) is 0.915. The lowest BCUT2D eigenvalue weighted by Gasteiger charge is -2.04. The zero-order chi connectivity index (χ0) is 9.68. The molecule has 13 heavy (non-hydrogen) atoms. The molecule has 1 aromatic rings. The predicted molar refractivity (Wildman–Crippen MR) is 47.5 cm³/mol. The summed E-state index contributed by atoms with van der Waals surface area (Å²) in [5, 5.41) is 19.3. The molecule has 0 aliphatic rings. The fourth-order valence-corrected chi connectivity index (χ4v) is 0.913. The minimum absolute atomic E-state index is 0.0354. The van der Waals surface area contributed by atoms with Crippen molar-refractivity contribution in [3.8, 4) is 6.07 Å². The van der Waals surface area contributed by atoms with Gasteiger partial charge < -0.3 is 9.88 Å². The molecule has 0 saturated heterocycles. The molecule has 1 unspecified atom stereocenters. The standard InChI is InChI=1S/C8H13N5/c1-7(3-9)4-10-5-8-12-11-6-13(8)2/h6-7,10H,4-5H2,1-2H3. The lowest BCUT2D eigenvalue weighted by atomic mass is 10.2. The summed E-state index contributed by atoms with van der Waals surface area (Å²) < 4.78 is 1.85. The van der Waals surface area contributed by atoms with Gasteiger partial charge in [-0.05, 0) is 6.92 Å². The first-order valence-corrected chi connectivity index (χ1v) is 4.17. The molecule has 0 fully saturated rings. The van der Waals surface area contributed by atoms with Crippen molar-refractivity contribution in [3.05, 3.63) is 12.2 Å². The van der Waals surface area contributed by atoms with E-state index in [2.05, 4.69) is 21.6 Å². The van der Waals surface area contributed by atoms with Crippen molar-refractivity contribution in [1.29, 1.82) is 5.26 Å². The quantitative estimate of drug-likeness (QED) is 0.710. The van der Waals surface area contributed by atoms with E-state index < -0.39 is 0 Å². The normalized spacial score (nSPS) is 12.4. The number of nitrogens with one attached hydrogen (secondary N) is 1. The molecule has 0 radical (unpaired) electrons. The highest BCUT2D eigenvalue weighted by Crippen LogP contribution is 1.92. The highest BCUT2D eigenvalue weighted by Gasteiger charge is 2.01. The van der Waals surface area contributed by atoms with E-state index in [1.54, 1.807) is 6.33 Å². The van der Waals surface area contributed by atoms with Crippen LogP contribution in [0.15, 0.2) is 6.33 Å². The number of rotatable bonds is 4. The van der Waals surface area contributed by atoms with E-state index in [1.807, 2.05) is 18.5 Å². The Balaban J connectivity index is 2.29. The van der Waals surface area contributed by atoms with Crippen LogP contribution in [0.2, 0.25) is 0 Å². The summed E-state index contributed by atoms with van der Waals surface area (Å²) in [4.78, 5) is 0. The molecular weight excluding hydrogens is 166 g/mol. The predicted octanol–water partition coefficient (Wildman–Crippen LogP) is 0.0644. The Morgan fingerprint density at radius 2 is 2.54 bits per heavy atom. The summed E-state index contributed by atoms with van der Waals surface area (Å²) in [6.07, 6.45) is 1.66. The molecule has 0 aliphatic carbocycles. The lowest BCUT2D eigenvalue weighted by molar-refractivity contribution is 0.576. The van der Waals surface area contributed by atoms with E-state index in [0.29, 0.717) is 13.1 Å². The van der Waals surface area contributed by atoms with Gasteiger partial charge >= 0.3 is 0 Å². The van der Waals surface area contributed by atoms with Gasteiger partial charge in [0, 0.05) is 13.6 Å². The van der Waals surface area contributed by atoms with Crippen molar-refractivity contribution in [2.24, 2.45) is 13.0 Å². The van der Waals surface area contributed by atoms with Gasteiger partial charge in [0.2, 0.25) is 0 Å². The van der Waals surface area contributed by atoms with Crippen molar-refractivity contribution in [3.63, 3.8) is 0 Å². The maximum Gasteiger partial charge on any atom is 0.146 e. The Morgan fingerprint density at radius 1 is 1.77 bits per heavy atom. The molecule has 1 heterocycles. The minimum atomic E-state index is 0.0354. The average molecular weight is 179 g/mol. The van der Waals surface area contributed by atoms with Gasteiger partial charge in [-0.15, -0.1) is 10.2 Å². The Kier molecular flexibility index (Phi) is 3.41. The van der Waals surface area contributed by atoms with Gasteiger partial charge in [0.05, 0.1) is 18.5 Å². The molecule has 0 amide bonds. The van der Waals surface area contributed by atoms with Crippen molar-refractivity contribution in [1.82, 2.24) is 20.1 Å². The molecule has 5 nitrogen and oxygen atoms in total. The summed E-state index contributed by atoms with van der Waals surface area (Å²) >= 11 is 0. The first-order chi connectivity index (χ1) is 6.24. The second-order valence-corrected chi connectivity index (χ2v) is 3.02. The molecule has 5 heteroatoms. The van der Waals surface area contributed by atoms with Gasteiger partial charge in [-0.1, -0.05) is 0 Å². The molecule has 1 N–H and O–H groups in total. The van der Waals surface area contributed by atoms with Crippen LogP contribution >= 0.6 is 0 Å². The van der Waals surface area contributed by atoms with E-state index in [9.17, 15) is 0 Å². The van der Waals surface area contributed by atoms with Crippen molar-refractivity contribution in [2.75, 3.05) is 6.54 Å². The first kappa shape index (κ1) is 9.68. The molecule has 70 valence electrons. The van der Waals surface area contributed by atoms with Gasteiger partial charge in [-0.3, -0.25) is 0 Å². The zero-order valence-electron chi connectivity index (χ0n) is 7.86. The number of aryl methyl sites for hydroxylation is 1. The van der Waals surface area contributed by atoms with E-state index >= 15 is 0 Å². The third kappa shape index (κ3) is 2.84. The third-order valence-electron chi connectivity index (χ3n) is 1.76. The number of hydrogen-bond donors (Lipinski definition) is 1. The van der Waals surface area contributed by atoms with Crippen LogP contribution in [-0.2, 0) is 13.6 Å². The first-order valence-electron chi connectivity index (χ1n) is 4.17. The highest BCUT2D eigenvalue weighted by molar-refractivity contribution is 4.85. The van der Waals surface area contributed by atoms with Crippen molar-refractivity contribution >= 4 is 0 Å². The molecule has 1 rings (SSSR count). The van der Waals surface area contributed by atoms with Crippen LogP contribution in [0.5, 0.6) is 0 Å². The number of nitrogens with zero attached hydrogens (tertiary/aromatic N) is 4. The second kappa shape index (κ2) is 4.58. The van der Waals surface area contributed by atoms with Crippen LogP contribution in [0.3, 0.4) is 0 Å². The van der Waals surface area contributed by atoms with Crippen molar-refractivity contribution in [2.45, 2.75) is 13.5 Å². The van der Waals surface area contributed by atoms with Crippen molar-refractivity contribution < 1.29 is 0 Å². The molecule has 0 aromatic carbocycles. The topological polar surface area (TPSA) is 66.5 Å². The Bertz CT molecular complexity index is 298. The molecule has 1 atom stereocenters. The SMILES string of the molecule is CC(C#N)CNCc1nncn1C. The number of nitriles is 1. The van der Waals surface area contributed by atoms with E-state index in [4.69, 9.17) is 5.26 Å². The van der Waals surface area contributed by atoms with E-state index in [-0.39, 0.29) is 5.92 Å². The molecule has 0 saturated carbocycles. The van der Waals surface area contributed by atoms with Crippen LogP contribution < -0.4 is 5.32 Å². The Morgan fingerprint density at radius 3 is 3.08 bits per heavy atom. The fraction of sp³-hybridized carbons (Fsp3) is 0.625. The van der Waals surface area contributed by atoms with Gasteiger partial charge in [0.15, 0.2) is 0 Å². The van der Waals surface area contributed by atoms with Crippen LogP contribution in [0.1, 0.15) is 12.7 Å². The Labute approximate surface area is 77.4 Å².